The molecule has 60 heavy (non-hydrogen) atoms. The number of amides is 1. The SMILES string of the molecule is CCn1c(-c2cccnc2[C@H](C)OC)c(CC(C)(C)COC=O)c2cc(-c3cc(O)cc(C[C@H](NS(=O)(=O)CC4CCC5(CNC5)C4)C(=O)N4CCC[C@@H](C)N4)c3)ccc21. The van der Waals surface area contributed by atoms with Gasteiger partial charge in [0.1, 0.15) is 11.8 Å². The Balaban J connectivity index is 1.26. The fourth-order valence-corrected chi connectivity index (χ4v) is 11.4. The van der Waals surface area contributed by atoms with Crippen LogP contribution in [-0.2, 0) is 48.5 Å². The molecule has 4 N–H and O–H groups in total. The largest absolute Gasteiger partial charge is 0.508 e. The molecular formula is C46H62N6O7S. The summed E-state index contributed by atoms with van der Waals surface area (Å²) in [5, 5.41) is 17.1. The van der Waals surface area contributed by atoms with Crippen molar-refractivity contribution in [2.45, 2.75) is 104 Å². The standard InChI is InChI=1S/C46H62N6O7S/c1-7-51-41-13-12-34(22-38(41)39(24-45(4,5)28-59-29-53)43(51)37-11-8-16-48-42(37)31(3)58-6)35-18-33(19-36(54)21-35)20-40(44(55)52-17-9-10-30(2)49-52)50-60(56,57)25-32-14-15-46(23-32)26-47-27-46/h8,11-13,16,18-19,21-22,29-32,40,47,49-50,54H,7,9-10,14-15,17,20,23-28H2,1-6H3/t30-,31+,32?,40+/m1/s1. The van der Waals surface area contributed by atoms with E-state index in [1.54, 1.807) is 30.4 Å². The quantitative estimate of drug-likeness (QED) is 0.0890. The van der Waals surface area contributed by atoms with Crippen molar-refractivity contribution >= 4 is 33.3 Å². The van der Waals surface area contributed by atoms with E-state index in [1.807, 2.05) is 32.0 Å². The van der Waals surface area contributed by atoms with Crippen LogP contribution < -0.4 is 15.5 Å². The Bertz CT molecular complexity index is 2310. The van der Waals surface area contributed by atoms with Crippen LogP contribution in [0.5, 0.6) is 5.75 Å². The van der Waals surface area contributed by atoms with Crippen LogP contribution in [0.3, 0.4) is 0 Å². The third-order valence-electron chi connectivity index (χ3n) is 12.8. The van der Waals surface area contributed by atoms with Crippen molar-refractivity contribution in [2.75, 3.05) is 39.1 Å². The lowest BCUT2D eigenvalue weighted by Gasteiger charge is -2.39. The maximum absolute atomic E-state index is 14.2. The highest BCUT2D eigenvalue weighted by Crippen LogP contribution is 2.45. The number of hydrogen-bond donors (Lipinski definition) is 4. The summed E-state index contributed by atoms with van der Waals surface area (Å²) in [5.74, 6) is -0.294. The number of nitrogens with one attached hydrogen (secondary N) is 3. The van der Waals surface area contributed by atoms with Crippen LogP contribution in [0.25, 0.3) is 33.3 Å². The molecule has 0 radical (unpaired) electrons. The molecule has 1 amide bonds. The third kappa shape index (κ3) is 9.58. The predicted octanol–water partition coefficient (Wildman–Crippen LogP) is 6.28. The molecule has 14 heteroatoms. The summed E-state index contributed by atoms with van der Waals surface area (Å²) in [6, 6.07) is 14.5. The highest BCUT2D eigenvalue weighted by atomic mass is 32.2. The van der Waals surface area contributed by atoms with E-state index in [0.717, 1.165) is 89.7 Å². The number of fused-ring (bicyclic) bond motifs is 1. The molecule has 4 heterocycles. The number of nitrogens with zero attached hydrogens (tertiary/aromatic N) is 3. The number of aromatic hydroxyl groups is 1. The Morgan fingerprint density at radius 1 is 1.15 bits per heavy atom. The number of pyridine rings is 1. The summed E-state index contributed by atoms with van der Waals surface area (Å²) in [7, 11) is -2.16. The monoisotopic (exact) mass is 842 g/mol. The van der Waals surface area contributed by atoms with Crippen molar-refractivity contribution in [1.29, 1.82) is 0 Å². The van der Waals surface area contributed by atoms with Gasteiger partial charge >= 0.3 is 0 Å². The minimum atomic E-state index is -3.83. The van der Waals surface area contributed by atoms with Gasteiger partial charge in [0.05, 0.1) is 29.9 Å². The first-order valence-corrected chi connectivity index (χ1v) is 23.1. The summed E-state index contributed by atoms with van der Waals surface area (Å²) in [5.41, 5.74) is 10.1. The molecule has 2 aromatic heterocycles. The zero-order chi connectivity index (χ0) is 42.8. The maximum atomic E-state index is 14.2. The molecule has 4 aromatic rings. The molecule has 2 aliphatic heterocycles. The van der Waals surface area contributed by atoms with E-state index < -0.39 is 21.5 Å². The average Bonchev–Trinajstić information content (AvgIpc) is 3.77. The third-order valence-corrected chi connectivity index (χ3v) is 14.4. The smallest absolute Gasteiger partial charge is 0.293 e. The van der Waals surface area contributed by atoms with Gasteiger partial charge in [-0.1, -0.05) is 26.0 Å². The van der Waals surface area contributed by atoms with Gasteiger partial charge in [-0.2, -0.15) is 0 Å². The molecular weight excluding hydrogens is 781 g/mol. The van der Waals surface area contributed by atoms with Gasteiger partial charge in [0.15, 0.2) is 0 Å². The molecule has 1 saturated carbocycles. The summed E-state index contributed by atoms with van der Waals surface area (Å²) < 4.78 is 43.9. The van der Waals surface area contributed by atoms with Crippen LogP contribution in [0.2, 0.25) is 0 Å². The zero-order valence-electron chi connectivity index (χ0n) is 35.9. The van der Waals surface area contributed by atoms with Crippen molar-refractivity contribution in [2.24, 2.45) is 16.7 Å². The van der Waals surface area contributed by atoms with Gasteiger partial charge < -0.3 is 24.5 Å². The van der Waals surface area contributed by atoms with Crippen molar-refractivity contribution in [3.8, 4) is 28.1 Å². The van der Waals surface area contributed by atoms with Crippen molar-refractivity contribution in [1.82, 2.24) is 30.0 Å². The highest BCUT2D eigenvalue weighted by molar-refractivity contribution is 7.89. The first-order valence-electron chi connectivity index (χ1n) is 21.4. The molecule has 0 bridgehead atoms. The van der Waals surface area contributed by atoms with E-state index in [-0.39, 0.29) is 53.9 Å². The van der Waals surface area contributed by atoms with Crippen LogP contribution in [0, 0.1) is 16.7 Å². The second-order valence-corrected chi connectivity index (χ2v) is 20.1. The van der Waals surface area contributed by atoms with Gasteiger partial charge in [-0.15, -0.1) is 0 Å². The number of carbonyl (C=O) groups excluding carboxylic acids is 2. The number of aromatic nitrogens is 2. The van der Waals surface area contributed by atoms with E-state index in [1.165, 1.54) is 0 Å². The van der Waals surface area contributed by atoms with Gasteiger partial charge in [0.25, 0.3) is 12.4 Å². The Kier molecular flexibility index (Phi) is 13.1. The predicted molar refractivity (Wildman–Crippen MR) is 233 cm³/mol. The van der Waals surface area contributed by atoms with Crippen molar-refractivity contribution < 1.29 is 32.6 Å². The summed E-state index contributed by atoms with van der Waals surface area (Å²) in [4.78, 5) is 30.3. The summed E-state index contributed by atoms with van der Waals surface area (Å²) in [6.45, 7) is 14.0. The number of sulfonamides is 1. The number of carbonyl (C=O) groups is 2. The molecule has 3 fully saturated rings. The first-order chi connectivity index (χ1) is 28.6. The lowest BCUT2D eigenvalue weighted by Crippen LogP contribution is -2.58. The molecule has 1 aliphatic carbocycles. The van der Waals surface area contributed by atoms with E-state index in [0.29, 0.717) is 31.5 Å². The lowest BCUT2D eigenvalue weighted by atomic mass is 9.80. The average molecular weight is 843 g/mol. The van der Waals surface area contributed by atoms with Gasteiger partial charge in [0.2, 0.25) is 10.0 Å². The van der Waals surface area contributed by atoms with Gasteiger partial charge in [-0.05, 0) is 136 Å². The van der Waals surface area contributed by atoms with Crippen LogP contribution >= 0.6 is 0 Å². The van der Waals surface area contributed by atoms with Gasteiger partial charge in [-0.3, -0.25) is 19.6 Å². The number of rotatable bonds is 17. The Hall–Kier alpha value is -4.34. The number of hydrazine groups is 1. The van der Waals surface area contributed by atoms with Gasteiger partial charge in [0, 0.05) is 67.4 Å². The number of benzene rings is 2. The number of hydrogen-bond acceptors (Lipinski definition) is 10. The van der Waals surface area contributed by atoms with Crippen molar-refractivity contribution in [3.05, 3.63) is 71.5 Å². The zero-order valence-corrected chi connectivity index (χ0v) is 36.7. The number of ether oxygens (including phenoxy) is 2. The molecule has 1 spiro atoms. The van der Waals surface area contributed by atoms with E-state index in [2.05, 4.69) is 59.0 Å². The van der Waals surface area contributed by atoms with Crippen LogP contribution in [0.1, 0.15) is 89.6 Å². The van der Waals surface area contributed by atoms with Crippen LogP contribution in [0.15, 0.2) is 54.7 Å². The first kappa shape index (κ1) is 43.7. The highest BCUT2D eigenvalue weighted by Gasteiger charge is 2.45. The maximum Gasteiger partial charge on any atom is 0.293 e. The fraction of sp³-hybridized carbons (Fsp3) is 0.543. The van der Waals surface area contributed by atoms with Crippen molar-refractivity contribution in [3.63, 3.8) is 0 Å². The molecule has 2 saturated heterocycles. The molecule has 1 unspecified atom stereocenters. The topological polar surface area (TPSA) is 164 Å². The van der Waals surface area contributed by atoms with Crippen LogP contribution in [0.4, 0.5) is 0 Å². The summed E-state index contributed by atoms with van der Waals surface area (Å²) in [6.07, 6.45) is 6.63. The minimum absolute atomic E-state index is 0.0134. The summed E-state index contributed by atoms with van der Waals surface area (Å²) >= 11 is 0. The normalized spacial score (nSPS) is 20.3. The number of phenols is 1. The second-order valence-electron chi connectivity index (χ2n) is 18.3. The number of methoxy groups -OCH3 is 1. The molecule has 4 atom stereocenters. The molecule has 7 rings (SSSR count). The van der Waals surface area contributed by atoms with E-state index in [9.17, 15) is 23.1 Å². The van der Waals surface area contributed by atoms with E-state index >= 15 is 0 Å². The Morgan fingerprint density at radius 3 is 2.63 bits per heavy atom. The minimum Gasteiger partial charge on any atom is -0.508 e. The Morgan fingerprint density at radius 2 is 1.95 bits per heavy atom. The lowest BCUT2D eigenvalue weighted by molar-refractivity contribution is -0.138. The second kappa shape index (κ2) is 17.9. The fourth-order valence-electron chi connectivity index (χ4n) is 9.79. The Labute approximate surface area is 354 Å². The molecule has 2 aromatic carbocycles. The molecule has 13 nitrogen and oxygen atoms in total. The molecule has 3 aliphatic rings. The number of aryl methyl sites for hydroxylation is 1. The van der Waals surface area contributed by atoms with E-state index in [4.69, 9.17) is 14.5 Å². The number of phenolic OH excluding ortho intramolecular Hbond substituents is 1. The van der Waals surface area contributed by atoms with Crippen LogP contribution in [-0.4, -0.2) is 91.7 Å². The molecule has 324 valence electrons. The van der Waals surface area contributed by atoms with Gasteiger partial charge in [-0.25, -0.2) is 18.6 Å².